The van der Waals surface area contributed by atoms with Crippen molar-refractivity contribution < 1.29 is 4.74 Å². The van der Waals surface area contributed by atoms with Crippen molar-refractivity contribution in [3.63, 3.8) is 0 Å². The molecule has 4 heteroatoms. The van der Waals surface area contributed by atoms with E-state index in [0.29, 0.717) is 5.02 Å². The van der Waals surface area contributed by atoms with Crippen molar-refractivity contribution in [1.82, 2.24) is 4.98 Å². The standard InChI is InChI=1S/C19H19ClN2O/c1-3-11-23-15-8-9-17(13(2)12-15)21-18-10-7-14-5-4-6-16(20)19(14)22-18/h4-10,12H,3,11H2,1-2H3,(H,21,22). The van der Waals surface area contributed by atoms with Gasteiger partial charge in [-0.2, -0.15) is 0 Å². The van der Waals surface area contributed by atoms with Crippen molar-refractivity contribution >= 4 is 34.0 Å². The van der Waals surface area contributed by atoms with Gasteiger partial charge in [0.25, 0.3) is 0 Å². The van der Waals surface area contributed by atoms with Gasteiger partial charge in [-0.15, -0.1) is 0 Å². The first kappa shape index (κ1) is 15.6. The molecule has 0 unspecified atom stereocenters. The summed E-state index contributed by atoms with van der Waals surface area (Å²) in [6.45, 7) is 4.88. The molecule has 3 aromatic rings. The van der Waals surface area contributed by atoms with Crippen molar-refractivity contribution in [3.8, 4) is 5.75 Å². The predicted molar refractivity (Wildman–Crippen MR) is 97.0 cm³/mol. The zero-order valence-electron chi connectivity index (χ0n) is 13.3. The molecule has 0 bridgehead atoms. The highest BCUT2D eigenvalue weighted by molar-refractivity contribution is 6.35. The zero-order chi connectivity index (χ0) is 16.2. The van der Waals surface area contributed by atoms with Crippen LogP contribution in [0.1, 0.15) is 18.9 Å². The summed E-state index contributed by atoms with van der Waals surface area (Å²) in [5.74, 6) is 1.67. The lowest BCUT2D eigenvalue weighted by atomic mass is 10.2. The number of pyridine rings is 1. The monoisotopic (exact) mass is 326 g/mol. The number of aryl methyl sites for hydroxylation is 1. The summed E-state index contributed by atoms with van der Waals surface area (Å²) in [7, 11) is 0. The van der Waals surface area contributed by atoms with E-state index < -0.39 is 0 Å². The molecule has 0 amide bonds. The van der Waals surface area contributed by atoms with Crippen LogP contribution in [0.15, 0.2) is 48.5 Å². The zero-order valence-corrected chi connectivity index (χ0v) is 14.0. The molecule has 0 fully saturated rings. The summed E-state index contributed by atoms with van der Waals surface area (Å²) in [6.07, 6.45) is 1.00. The Morgan fingerprint density at radius 1 is 1.13 bits per heavy atom. The number of hydrogen-bond donors (Lipinski definition) is 1. The van der Waals surface area contributed by atoms with Gasteiger partial charge >= 0.3 is 0 Å². The Balaban J connectivity index is 1.85. The van der Waals surface area contributed by atoms with Gasteiger partial charge in [0.05, 0.1) is 17.1 Å². The number of aromatic nitrogens is 1. The minimum absolute atomic E-state index is 0.659. The highest BCUT2D eigenvalue weighted by Crippen LogP contribution is 2.27. The smallest absolute Gasteiger partial charge is 0.131 e. The molecule has 1 aromatic heterocycles. The van der Waals surface area contributed by atoms with E-state index in [1.165, 1.54) is 0 Å². The van der Waals surface area contributed by atoms with Gasteiger partial charge in [0.2, 0.25) is 0 Å². The van der Waals surface area contributed by atoms with Crippen LogP contribution in [-0.2, 0) is 0 Å². The van der Waals surface area contributed by atoms with Crippen molar-refractivity contribution in [1.29, 1.82) is 0 Å². The van der Waals surface area contributed by atoms with Crippen LogP contribution in [0.25, 0.3) is 10.9 Å². The second kappa shape index (κ2) is 6.88. The molecule has 0 aliphatic carbocycles. The fourth-order valence-corrected chi connectivity index (χ4v) is 2.63. The molecule has 2 aromatic carbocycles. The van der Waals surface area contributed by atoms with Crippen LogP contribution in [-0.4, -0.2) is 11.6 Å². The maximum atomic E-state index is 6.23. The first-order chi connectivity index (χ1) is 11.2. The Hall–Kier alpha value is -2.26. The molecular formula is C19H19ClN2O. The molecule has 3 rings (SSSR count). The summed E-state index contributed by atoms with van der Waals surface area (Å²) in [5.41, 5.74) is 2.92. The van der Waals surface area contributed by atoms with E-state index in [9.17, 15) is 0 Å². The summed E-state index contributed by atoms with van der Waals surface area (Å²) >= 11 is 6.23. The topological polar surface area (TPSA) is 34.1 Å². The molecule has 1 heterocycles. The van der Waals surface area contributed by atoms with Gasteiger partial charge in [-0.25, -0.2) is 4.98 Å². The van der Waals surface area contributed by atoms with Crippen LogP contribution in [0.5, 0.6) is 5.75 Å². The summed E-state index contributed by atoms with van der Waals surface area (Å²) in [5, 5.41) is 5.04. The maximum Gasteiger partial charge on any atom is 0.131 e. The van der Waals surface area contributed by atoms with Crippen molar-refractivity contribution in [2.24, 2.45) is 0 Å². The van der Waals surface area contributed by atoms with E-state index in [-0.39, 0.29) is 0 Å². The predicted octanol–water partition coefficient (Wildman–Crippen LogP) is 5.73. The number of rotatable bonds is 5. The lowest BCUT2D eigenvalue weighted by molar-refractivity contribution is 0.317. The maximum absolute atomic E-state index is 6.23. The van der Waals surface area contributed by atoms with Gasteiger partial charge in [-0.3, -0.25) is 0 Å². The number of para-hydroxylation sites is 1. The lowest BCUT2D eigenvalue weighted by Crippen LogP contribution is -1.98. The summed E-state index contributed by atoms with van der Waals surface area (Å²) in [4.78, 5) is 4.61. The first-order valence-corrected chi connectivity index (χ1v) is 8.11. The number of ether oxygens (including phenoxy) is 1. The number of nitrogens with zero attached hydrogens (tertiary/aromatic N) is 1. The number of fused-ring (bicyclic) bond motifs is 1. The third-order valence-electron chi connectivity index (χ3n) is 3.60. The van der Waals surface area contributed by atoms with E-state index in [1.807, 2.05) is 48.5 Å². The number of hydrogen-bond acceptors (Lipinski definition) is 3. The third kappa shape index (κ3) is 3.57. The Morgan fingerprint density at radius 3 is 2.78 bits per heavy atom. The molecular weight excluding hydrogens is 308 g/mol. The van der Waals surface area contributed by atoms with Crippen LogP contribution in [0, 0.1) is 6.92 Å². The average molecular weight is 327 g/mol. The van der Waals surface area contributed by atoms with Gasteiger partial charge in [0.15, 0.2) is 0 Å². The van der Waals surface area contributed by atoms with Crippen LogP contribution in [0.2, 0.25) is 5.02 Å². The van der Waals surface area contributed by atoms with Gasteiger partial charge in [0, 0.05) is 11.1 Å². The highest BCUT2D eigenvalue weighted by atomic mass is 35.5. The van der Waals surface area contributed by atoms with Gasteiger partial charge < -0.3 is 10.1 Å². The Morgan fingerprint density at radius 2 is 2.00 bits per heavy atom. The number of halogens is 1. The molecule has 0 radical (unpaired) electrons. The molecule has 0 atom stereocenters. The van der Waals surface area contributed by atoms with E-state index in [0.717, 1.165) is 46.7 Å². The van der Waals surface area contributed by atoms with E-state index in [1.54, 1.807) is 0 Å². The van der Waals surface area contributed by atoms with Gasteiger partial charge in [-0.05, 0) is 55.3 Å². The highest BCUT2D eigenvalue weighted by Gasteiger charge is 2.05. The van der Waals surface area contributed by atoms with E-state index in [4.69, 9.17) is 16.3 Å². The number of nitrogens with one attached hydrogen (secondary N) is 1. The van der Waals surface area contributed by atoms with Crippen LogP contribution in [0.3, 0.4) is 0 Å². The van der Waals surface area contributed by atoms with Gasteiger partial charge in [-0.1, -0.05) is 30.7 Å². The Labute approximate surface area is 141 Å². The van der Waals surface area contributed by atoms with Gasteiger partial charge in [0.1, 0.15) is 11.6 Å². The van der Waals surface area contributed by atoms with Crippen LogP contribution >= 0.6 is 11.6 Å². The SMILES string of the molecule is CCCOc1ccc(Nc2ccc3cccc(Cl)c3n2)c(C)c1. The Bertz CT molecular complexity index is 833. The lowest BCUT2D eigenvalue weighted by Gasteiger charge is -2.12. The fraction of sp³-hybridized carbons (Fsp3) is 0.211. The largest absolute Gasteiger partial charge is 0.494 e. The molecule has 3 nitrogen and oxygen atoms in total. The molecule has 0 saturated heterocycles. The van der Waals surface area contributed by atoms with Crippen LogP contribution in [0.4, 0.5) is 11.5 Å². The van der Waals surface area contributed by atoms with Crippen LogP contribution < -0.4 is 10.1 Å². The minimum atomic E-state index is 0.659. The van der Waals surface area contributed by atoms with Crippen molar-refractivity contribution in [2.75, 3.05) is 11.9 Å². The average Bonchev–Trinajstić information content (AvgIpc) is 2.56. The summed E-state index contributed by atoms with van der Waals surface area (Å²) in [6, 6.07) is 15.8. The van der Waals surface area contributed by atoms with Crippen molar-refractivity contribution in [3.05, 3.63) is 59.1 Å². The second-order valence-corrected chi connectivity index (χ2v) is 5.87. The molecule has 0 saturated carbocycles. The molecule has 0 aliphatic rings. The first-order valence-electron chi connectivity index (χ1n) is 7.73. The van der Waals surface area contributed by atoms with E-state index >= 15 is 0 Å². The third-order valence-corrected chi connectivity index (χ3v) is 3.91. The number of anilines is 2. The fourth-order valence-electron chi connectivity index (χ4n) is 2.40. The second-order valence-electron chi connectivity index (χ2n) is 5.46. The molecule has 23 heavy (non-hydrogen) atoms. The molecule has 118 valence electrons. The normalized spacial score (nSPS) is 10.7. The van der Waals surface area contributed by atoms with Crippen molar-refractivity contribution in [2.45, 2.75) is 20.3 Å². The molecule has 0 aliphatic heterocycles. The molecule has 1 N–H and O–H groups in total. The Kier molecular flexibility index (Phi) is 4.68. The quantitative estimate of drug-likeness (QED) is 0.650. The number of benzene rings is 2. The minimum Gasteiger partial charge on any atom is -0.494 e. The van der Waals surface area contributed by atoms with E-state index in [2.05, 4.69) is 24.1 Å². The molecule has 0 spiro atoms. The summed E-state index contributed by atoms with van der Waals surface area (Å²) < 4.78 is 5.65.